The van der Waals surface area contributed by atoms with E-state index in [0.29, 0.717) is 13.0 Å². The molecule has 0 aromatic heterocycles. The Morgan fingerprint density at radius 3 is 3.00 bits per heavy atom. The first kappa shape index (κ1) is 13.4. The molecule has 3 nitrogen and oxygen atoms in total. The van der Waals surface area contributed by atoms with Crippen LogP contribution < -0.4 is 4.74 Å². The number of ether oxygens (including phenoxy) is 2. The molecule has 1 aromatic carbocycles. The molecule has 0 bridgehead atoms. The van der Waals surface area contributed by atoms with Crippen molar-refractivity contribution in [3.8, 4) is 5.75 Å². The molecule has 2 unspecified atom stereocenters. The van der Waals surface area contributed by atoms with Gasteiger partial charge in [0, 0.05) is 18.6 Å². The zero-order chi connectivity index (χ0) is 12.8. The fraction of sp³-hybridized carbons (Fsp3) is 0.600. The van der Waals surface area contributed by atoms with Gasteiger partial charge in [0.1, 0.15) is 5.75 Å². The van der Waals surface area contributed by atoms with Crippen molar-refractivity contribution < 1.29 is 14.6 Å². The van der Waals surface area contributed by atoms with Crippen LogP contribution in [-0.4, -0.2) is 24.4 Å². The Morgan fingerprint density at radius 2 is 2.28 bits per heavy atom. The van der Waals surface area contributed by atoms with Crippen molar-refractivity contribution >= 4 is 0 Å². The van der Waals surface area contributed by atoms with E-state index in [-0.39, 0.29) is 6.10 Å². The molecule has 0 radical (unpaired) electrons. The molecule has 1 saturated heterocycles. The largest absolute Gasteiger partial charge is 0.493 e. The highest BCUT2D eigenvalue weighted by molar-refractivity contribution is 5.35. The summed E-state index contributed by atoms with van der Waals surface area (Å²) in [6.45, 7) is 3.58. The van der Waals surface area contributed by atoms with Gasteiger partial charge in [-0.1, -0.05) is 25.1 Å². The minimum Gasteiger partial charge on any atom is -0.493 e. The molecule has 1 N–H and O–H groups in total. The number of aliphatic hydroxyl groups excluding tert-OH is 1. The van der Waals surface area contributed by atoms with E-state index < -0.39 is 6.10 Å². The third-order valence-corrected chi connectivity index (χ3v) is 3.25. The quantitative estimate of drug-likeness (QED) is 0.843. The lowest BCUT2D eigenvalue weighted by atomic mass is 10.0. The van der Waals surface area contributed by atoms with Crippen LogP contribution in [0.2, 0.25) is 0 Å². The summed E-state index contributed by atoms with van der Waals surface area (Å²) in [4.78, 5) is 0. The Labute approximate surface area is 109 Å². The Morgan fingerprint density at radius 1 is 1.44 bits per heavy atom. The summed E-state index contributed by atoms with van der Waals surface area (Å²) in [5, 5.41) is 10.3. The summed E-state index contributed by atoms with van der Waals surface area (Å²) in [5.74, 6) is 0.796. The van der Waals surface area contributed by atoms with E-state index in [4.69, 9.17) is 9.47 Å². The van der Waals surface area contributed by atoms with Crippen LogP contribution >= 0.6 is 0 Å². The average molecular weight is 250 g/mol. The Balaban J connectivity index is 2.00. The molecular formula is C15H22O3. The van der Waals surface area contributed by atoms with Crippen LogP contribution in [0.25, 0.3) is 0 Å². The normalized spacial score (nSPS) is 20.9. The van der Waals surface area contributed by atoms with E-state index in [1.165, 1.54) is 0 Å². The van der Waals surface area contributed by atoms with E-state index in [1.807, 2.05) is 24.3 Å². The summed E-state index contributed by atoms with van der Waals surface area (Å²) in [7, 11) is 0. The van der Waals surface area contributed by atoms with E-state index in [2.05, 4.69) is 6.92 Å². The Hall–Kier alpha value is -1.06. The van der Waals surface area contributed by atoms with E-state index in [0.717, 1.165) is 37.2 Å². The fourth-order valence-electron chi connectivity index (χ4n) is 2.31. The summed E-state index contributed by atoms with van der Waals surface area (Å²) in [5.41, 5.74) is 0.876. The summed E-state index contributed by atoms with van der Waals surface area (Å²) in [6, 6.07) is 7.73. The van der Waals surface area contributed by atoms with E-state index >= 15 is 0 Å². The monoisotopic (exact) mass is 250 g/mol. The highest BCUT2D eigenvalue weighted by atomic mass is 16.5. The molecule has 0 saturated carbocycles. The predicted octanol–water partition coefficient (Wildman–Crippen LogP) is 3.08. The number of aliphatic hydroxyl groups is 1. The SMILES string of the molecule is CCCOc1ccccc1C(O)CC1CCCO1. The van der Waals surface area contributed by atoms with Crippen LogP contribution in [0.4, 0.5) is 0 Å². The molecule has 0 aliphatic carbocycles. The van der Waals surface area contributed by atoms with Gasteiger partial charge in [-0.25, -0.2) is 0 Å². The second-order valence-electron chi connectivity index (χ2n) is 4.77. The van der Waals surface area contributed by atoms with E-state index in [9.17, 15) is 5.11 Å². The van der Waals surface area contributed by atoms with Gasteiger partial charge < -0.3 is 14.6 Å². The van der Waals surface area contributed by atoms with Crippen molar-refractivity contribution in [2.45, 2.75) is 44.8 Å². The highest BCUT2D eigenvalue weighted by Gasteiger charge is 2.22. The van der Waals surface area contributed by atoms with Crippen LogP contribution in [0.15, 0.2) is 24.3 Å². The summed E-state index contributed by atoms with van der Waals surface area (Å²) in [6.07, 6.45) is 3.48. The molecule has 1 aliphatic heterocycles. The van der Waals surface area contributed by atoms with Crippen molar-refractivity contribution in [1.29, 1.82) is 0 Å². The molecule has 1 fully saturated rings. The highest BCUT2D eigenvalue weighted by Crippen LogP contribution is 2.30. The molecule has 0 amide bonds. The zero-order valence-electron chi connectivity index (χ0n) is 11.0. The predicted molar refractivity (Wildman–Crippen MR) is 70.8 cm³/mol. The van der Waals surface area contributed by atoms with Crippen LogP contribution in [0, 0.1) is 0 Å². The second kappa shape index (κ2) is 6.76. The minimum absolute atomic E-state index is 0.194. The molecule has 3 heteroatoms. The average Bonchev–Trinajstić information content (AvgIpc) is 2.89. The smallest absolute Gasteiger partial charge is 0.125 e. The molecule has 100 valence electrons. The molecule has 0 spiro atoms. The second-order valence-corrected chi connectivity index (χ2v) is 4.77. The number of rotatable bonds is 6. The molecule has 1 aliphatic rings. The molecule has 1 aromatic rings. The number of hydrogen-bond acceptors (Lipinski definition) is 3. The number of hydrogen-bond donors (Lipinski definition) is 1. The maximum Gasteiger partial charge on any atom is 0.125 e. The van der Waals surface area contributed by atoms with Crippen LogP contribution in [-0.2, 0) is 4.74 Å². The molecule has 2 atom stereocenters. The lowest BCUT2D eigenvalue weighted by Crippen LogP contribution is -2.12. The molecule has 18 heavy (non-hydrogen) atoms. The van der Waals surface area contributed by atoms with Gasteiger partial charge in [-0.2, -0.15) is 0 Å². The summed E-state index contributed by atoms with van der Waals surface area (Å²) < 4.78 is 11.2. The van der Waals surface area contributed by atoms with Crippen molar-refractivity contribution in [1.82, 2.24) is 0 Å². The first-order valence-electron chi connectivity index (χ1n) is 6.82. The third-order valence-electron chi connectivity index (χ3n) is 3.25. The van der Waals surface area contributed by atoms with Crippen LogP contribution in [0.1, 0.15) is 44.3 Å². The lowest BCUT2D eigenvalue weighted by molar-refractivity contribution is 0.0523. The number of benzene rings is 1. The van der Waals surface area contributed by atoms with Gasteiger partial charge in [-0.15, -0.1) is 0 Å². The third kappa shape index (κ3) is 3.47. The van der Waals surface area contributed by atoms with E-state index in [1.54, 1.807) is 0 Å². The van der Waals surface area contributed by atoms with Gasteiger partial charge in [0.25, 0.3) is 0 Å². The molecule has 1 heterocycles. The fourth-order valence-corrected chi connectivity index (χ4v) is 2.31. The van der Waals surface area contributed by atoms with Crippen LogP contribution in [0.5, 0.6) is 5.75 Å². The van der Waals surface area contributed by atoms with Crippen molar-refractivity contribution in [3.63, 3.8) is 0 Å². The van der Waals surface area contributed by atoms with Crippen molar-refractivity contribution in [2.24, 2.45) is 0 Å². The van der Waals surface area contributed by atoms with Crippen molar-refractivity contribution in [2.75, 3.05) is 13.2 Å². The standard InChI is InChI=1S/C15H22O3/c1-2-9-18-15-8-4-3-7-13(15)14(16)11-12-6-5-10-17-12/h3-4,7-8,12,14,16H,2,5-6,9-11H2,1H3. The topological polar surface area (TPSA) is 38.7 Å². The Bertz CT molecular complexity index is 359. The van der Waals surface area contributed by atoms with Gasteiger partial charge in [0.15, 0.2) is 0 Å². The zero-order valence-corrected chi connectivity index (χ0v) is 11.0. The first-order chi connectivity index (χ1) is 8.81. The summed E-state index contributed by atoms with van der Waals surface area (Å²) >= 11 is 0. The lowest BCUT2D eigenvalue weighted by Gasteiger charge is -2.18. The minimum atomic E-state index is -0.499. The van der Waals surface area contributed by atoms with Gasteiger partial charge in [0.2, 0.25) is 0 Å². The first-order valence-corrected chi connectivity index (χ1v) is 6.82. The van der Waals surface area contributed by atoms with Gasteiger partial charge in [-0.05, 0) is 25.3 Å². The van der Waals surface area contributed by atoms with Gasteiger partial charge in [-0.3, -0.25) is 0 Å². The molecular weight excluding hydrogens is 228 g/mol. The maximum absolute atomic E-state index is 10.3. The van der Waals surface area contributed by atoms with Crippen LogP contribution in [0.3, 0.4) is 0 Å². The maximum atomic E-state index is 10.3. The van der Waals surface area contributed by atoms with Gasteiger partial charge >= 0.3 is 0 Å². The van der Waals surface area contributed by atoms with Crippen molar-refractivity contribution in [3.05, 3.63) is 29.8 Å². The Kier molecular flexibility index (Phi) is 5.02. The van der Waals surface area contributed by atoms with Gasteiger partial charge in [0.05, 0.1) is 18.8 Å². The molecule has 2 rings (SSSR count). The number of para-hydroxylation sites is 1.